The molecule has 4 N–H and O–H groups in total. The number of aliphatic hydroxyl groups is 1. The average molecular weight is 384 g/mol. The van der Waals surface area contributed by atoms with Gasteiger partial charge in [0.1, 0.15) is 0 Å². The topological polar surface area (TPSA) is 117 Å². The van der Waals surface area contributed by atoms with E-state index in [1.807, 2.05) is 19.1 Å². The minimum Gasteiger partial charge on any atom is -0.391 e. The Hall–Kier alpha value is -2.78. The van der Waals surface area contributed by atoms with E-state index in [9.17, 15) is 9.90 Å². The highest BCUT2D eigenvalue weighted by Crippen LogP contribution is 2.31. The average Bonchev–Trinajstić information content (AvgIpc) is 3.26. The van der Waals surface area contributed by atoms with Crippen LogP contribution in [0.3, 0.4) is 0 Å². The number of aliphatic hydroxyl groups excluding tert-OH is 1. The summed E-state index contributed by atoms with van der Waals surface area (Å²) in [6, 6.07) is 5.49. The van der Waals surface area contributed by atoms with Crippen LogP contribution in [0.4, 0.5) is 10.9 Å². The number of pyridine rings is 1. The number of β-amino-alcohol motifs (C(OH)–C–C–N with tert-alkyl or cyclic N) is 1. The van der Waals surface area contributed by atoms with E-state index in [0.717, 1.165) is 5.56 Å². The fourth-order valence-corrected chi connectivity index (χ4v) is 3.99. The molecular formula is C18H20N6O2S. The fraction of sp³-hybridized carbons (Fsp3) is 0.333. The lowest BCUT2D eigenvalue weighted by molar-refractivity contribution is 0.0761. The van der Waals surface area contributed by atoms with Crippen LogP contribution in [0.15, 0.2) is 30.6 Å². The number of thiophene rings is 1. The first kappa shape index (κ1) is 17.6. The normalized spacial score (nSPS) is 18.0. The molecule has 0 bridgehead atoms. The summed E-state index contributed by atoms with van der Waals surface area (Å²) in [5.74, 6) is 0.151. The molecule has 3 aromatic heterocycles. The molecule has 0 aliphatic carbocycles. The highest BCUT2D eigenvalue weighted by Gasteiger charge is 2.29. The number of nitrogens with one attached hydrogen (secondary N) is 1. The molecule has 4 heterocycles. The van der Waals surface area contributed by atoms with Crippen molar-refractivity contribution in [2.75, 3.05) is 24.1 Å². The van der Waals surface area contributed by atoms with Gasteiger partial charge >= 0.3 is 0 Å². The Labute approximate surface area is 160 Å². The Morgan fingerprint density at radius 3 is 3.04 bits per heavy atom. The van der Waals surface area contributed by atoms with Crippen molar-refractivity contribution in [1.29, 1.82) is 0 Å². The number of hydrogen-bond donors (Lipinski definition) is 3. The van der Waals surface area contributed by atoms with Crippen molar-refractivity contribution in [3.63, 3.8) is 0 Å². The van der Waals surface area contributed by atoms with Gasteiger partial charge in [-0.2, -0.15) is 0 Å². The molecule has 140 valence electrons. The Bertz CT molecular complexity index is 977. The summed E-state index contributed by atoms with van der Waals surface area (Å²) < 4.78 is 0.665. The van der Waals surface area contributed by atoms with E-state index in [4.69, 9.17) is 5.73 Å². The maximum atomic E-state index is 13.0. The van der Waals surface area contributed by atoms with Gasteiger partial charge in [0.05, 0.1) is 27.4 Å². The number of amides is 1. The van der Waals surface area contributed by atoms with Gasteiger partial charge in [-0.3, -0.25) is 9.78 Å². The van der Waals surface area contributed by atoms with Crippen molar-refractivity contribution >= 4 is 38.4 Å². The van der Waals surface area contributed by atoms with Gasteiger partial charge in [0.15, 0.2) is 5.69 Å². The van der Waals surface area contributed by atoms with Gasteiger partial charge < -0.3 is 21.1 Å². The predicted molar refractivity (Wildman–Crippen MR) is 105 cm³/mol. The zero-order valence-electron chi connectivity index (χ0n) is 14.8. The molecule has 27 heavy (non-hydrogen) atoms. The molecule has 0 spiro atoms. The summed E-state index contributed by atoms with van der Waals surface area (Å²) in [4.78, 5) is 27.7. The van der Waals surface area contributed by atoms with Gasteiger partial charge in [0.2, 0.25) is 5.95 Å². The van der Waals surface area contributed by atoms with E-state index < -0.39 is 6.10 Å². The van der Waals surface area contributed by atoms with E-state index in [1.165, 1.54) is 11.3 Å². The van der Waals surface area contributed by atoms with Crippen LogP contribution in [-0.2, 0) is 0 Å². The molecule has 1 aliphatic rings. The molecule has 0 saturated carbocycles. The number of nitrogens with two attached hydrogens (primary N) is 1. The Balaban J connectivity index is 1.69. The first-order valence-electron chi connectivity index (χ1n) is 8.72. The number of anilines is 2. The van der Waals surface area contributed by atoms with E-state index >= 15 is 0 Å². The van der Waals surface area contributed by atoms with Gasteiger partial charge in [0.25, 0.3) is 5.91 Å². The van der Waals surface area contributed by atoms with Crippen molar-refractivity contribution in [2.24, 2.45) is 0 Å². The molecule has 4 rings (SSSR count). The van der Waals surface area contributed by atoms with Gasteiger partial charge in [0, 0.05) is 25.5 Å². The number of carbonyl (C=O) groups excluding carboxylic acids is 1. The lowest BCUT2D eigenvalue weighted by Gasteiger charge is -2.17. The first-order chi connectivity index (χ1) is 13.0. The van der Waals surface area contributed by atoms with Crippen LogP contribution in [0.5, 0.6) is 0 Å². The van der Waals surface area contributed by atoms with E-state index in [0.29, 0.717) is 46.4 Å². The lowest BCUT2D eigenvalue weighted by atomic mass is 10.1. The van der Waals surface area contributed by atoms with Crippen molar-refractivity contribution in [3.05, 3.63) is 41.9 Å². The quantitative estimate of drug-likeness (QED) is 0.630. The van der Waals surface area contributed by atoms with Crippen LogP contribution < -0.4 is 11.1 Å². The van der Waals surface area contributed by atoms with Crippen LogP contribution in [0.1, 0.15) is 35.4 Å². The summed E-state index contributed by atoms with van der Waals surface area (Å²) in [6.45, 7) is 2.81. The van der Waals surface area contributed by atoms with Crippen molar-refractivity contribution in [2.45, 2.75) is 25.5 Å². The lowest BCUT2D eigenvalue weighted by Crippen LogP contribution is -2.30. The highest BCUT2D eigenvalue weighted by molar-refractivity contribution is 7.22. The van der Waals surface area contributed by atoms with Crippen molar-refractivity contribution < 1.29 is 9.90 Å². The molecular weight excluding hydrogens is 364 g/mol. The second-order valence-electron chi connectivity index (χ2n) is 6.61. The van der Waals surface area contributed by atoms with Gasteiger partial charge in [-0.25, -0.2) is 9.97 Å². The Morgan fingerprint density at radius 1 is 1.48 bits per heavy atom. The zero-order valence-corrected chi connectivity index (χ0v) is 15.6. The molecule has 1 fully saturated rings. The number of rotatable bonds is 4. The largest absolute Gasteiger partial charge is 0.391 e. The third-order valence-electron chi connectivity index (χ3n) is 4.57. The van der Waals surface area contributed by atoms with Crippen LogP contribution in [0, 0.1) is 0 Å². The minimum atomic E-state index is -0.483. The minimum absolute atomic E-state index is 0.0799. The van der Waals surface area contributed by atoms with Crippen molar-refractivity contribution in [3.8, 4) is 0 Å². The second-order valence-corrected chi connectivity index (χ2v) is 7.69. The molecule has 8 nitrogen and oxygen atoms in total. The van der Waals surface area contributed by atoms with E-state index in [1.54, 1.807) is 23.4 Å². The molecule has 1 aliphatic heterocycles. The molecule has 2 atom stereocenters. The monoisotopic (exact) mass is 384 g/mol. The standard InChI is InChI=1S/C18H20N6O2S/c1-10(11-3-2-5-20-8-11)21-18-22-13-7-14(19)27-16(13)15(23-18)17(26)24-6-4-12(25)9-24/h2-3,5,7-8,10,12,25H,4,6,9,19H2,1H3,(H,21,22,23). The SMILES string of the molecule is CC(Nc1nc(C(=O)N2CCC(O)C2)c2sc(N)cc2n1)c1cccnc1. The van der Waals surface area contributed by atoms with Gasteiger partial charge in [-0.1, -0.05) is 6.07 Å². The van der Waals surface area contributed by atoms with Gasteiger partial charge in [-0.15, -0.1) is 11.3 Å². The third kappa shape index (κ3) is 3.56. The molecule has 9 heteroatoms. The summed E-state index contributed by atoms with van der Waals surface area (Å²) in [6.07, 6.45) is 3.59. The first-order valence-corrected chi connectivity index (χ1v) is 9.54. The predicted octanol–water partition coefficient (Wildman–Crippen LogP) is 2.05. The highest BCUT2D eigenvalue weighted by atomic mass is 32.1. The number of aromatic nitrogens is 3. The molecule has 2 unspecified atom stereocenters. The van der Waals surface area contributed by atoms with Crippen LogP contribution in [0.2, 0.25) is 0 Å². The summed E-state index contributed by atoms with van der Waals surface area (Å²) in [7, 11) is 0. The maximum Gasteiger partial charge on any atom is 0.274 e. The van der Waals surface area contributed by atoms with Crippen molar-refractivity contribution in [1.82, 2.24) is 19.9 Å². The summed E-state index contributed by atoms with van der Waals surface area (Å²) in [5.41, 5.74) is 7.87. The van der Waals surface area contributed by atoms with Gasteiger partial charge in [-0.05, 0) is 31.0 Å². The summed E-state index contributed by atoms with van der Waals surface area (Å²) >= 11 is 1.30. The van der Waals surface area contributed by atoms with E-state index in [2.05, 4.69) is 20.3 Å². The fourth-order valence-electron chi connectivity index (χ4n) is 3.14. The Kier molecular flexibility index (Phi) is 4.63. The molecule has 0 radical (unpaired) electrons. The second kappa shape index (κ2) is 7.09. The number of carbonyl (C=O) groups is 1. The Morgan fingerprint density at radius 2 is 2.33 bits per heavy atom. The van der Waals surface area contributed by atoms with Crippen LogP contribution >= 0.6 is 11.3 Å². The number of likely N-dealkylation sites (tertiary alicyclic amines) is 1. The molecule has 3 aromatic rings. The smallest absolute Gasteiger partial charge is 0.274 e. The number of nitrogens with zero attached hydrogens (tertiary/aromatic N) is 4. The number of hydrogen-bond acceptors (Lipinski definition) is 8. The molecule has 0 aromatic carbocycles. The molecule has 1 amide bonds. The zero-order chi connectivity index (χ0) is 19.0. The molecule has 1 saturated heterocycles. The van der Waals surface area contributed by atoms with Crippen LogP contribution in [-0.4, -0.2) is 50.1 Å². The maximum absolute atomic E-state index is 13.0. The summed E-state index contributed by atoms with van der Waals surface area (Å²) in [5, 5.41) is 13.6. The van der Waals surface area contributed by atoms with Crippen LogP contribution in [0.25, 0.3) is 10.2 Å². The van der Waals surface area contributed by atoms with E-state index in [-0.39, 0.29) is 11.9 Å². The third-order valence-corrected chi connectivity index (χ3v) is 5.53. The number of nitrogen functional groups attached to an aromatic ring is 1. The number of fused-ring (bicyclic) bond motifs is 1.